The van der Waals surface area contributed by atoms with Crippen molar-refractivity contribution >= 4 is 148 Å². The topological polar surface area (TPSA) is 863 Å². The van der Waals surface area contributed by atoms with Gasteiger partial charge in [0.05, 0.1) is 58.2 Å². The molecule has 8 aliphatic rings. The number of H-pyrrole nitrogens is 2. The summed E-state index contributed by atoms with van der Waals surface area (Å²) in [6, 6.07) is 15.2. The van der Waals surface area contributed by atoms with Crippen LogP contribution in [-0.4, -0.2) is 276 Å². The number of anilines is 4. The number of aromatic nitrogens is 8. The van der Waals surface area contributed by atoms with Gasteiger partial charge in [-0.15, -0.1) is 0 Å². The molecule has 12 heterocycles. The third-order valence-electron chi connectivity index (χ3n) is 25.1. The second-order valence-electron chi connectivity index (χ2n) is 36.6. The van der Waals surface area contributed by atoms with Crippen LogP contribution in [0.5, 0.6) is 23.0 Å². The highest BCUT2D eigenvalue weighted by atomic mass is 32.2. The summed E-state index contributed by atoms with van der Waals surface area (Å²) < 4.78 is 210. The van der Waals surface area contributed by atoms with Crippen LogP contribution in [0.1, 0.15) is 139 Å². The fourth-order valence-electron chi connectivity index (χ4n) is 19.1. The Morgan fingerprint density at radius 2 is 0.932 bits per heavy atom. The lowest BCUT2D eigenvalue weighted by Crippen LogP contribution is -2.50. The van der Waals surface area contributed by atoms with Crippen molar-refractivity contribution in [2.24, 2.45) is 9.98 Å². The quantitative estimate of drug-likeness (QED) is 0.0107. The zero-order valence-electron chi connectivity index (χ0n) is 79.3. The number of phosphoric ester groups is 2. The Kier molecular flexibility index (Phi) is 33.0. The van der Waals surface area contributed by atoms with Gasteiger partial charge < -0.3 is 129 Å². The Hall–Kier alpha value is -10.5. The van der Waals surface area contributed by atoms with E-state index in [2.05, 4.69) is 110 Å². The molecule has 0 spiro atoms. The first-order valence-corrected chi connectivity index (χ1v) is 57.9. The van der Waals surface area contributed by atoms with Gasteiger partial charge in [-0.2, -0.15) is 27.2 Å². The standard InChI is InChI=1S/2C40H53N10O20P3S/c1-4-48-11-5-7-21-13-24-28(15-26(21)48)66-29-16-27-23(14-25(29)45-24)22(19-74(62,63)64)17-40(2,3)50(27)12-6-8-31(51)42-9-10-43-39(54)68-34-30(18-65-72(58,59)70-73(60,61)69-71(55,56)57)67-37(33(34)52)49-20-44-32-35(49)46-38(41)47-36(32)53;1-4-48-11-5-7-21-13-24-28(15-26(21)48)66-29-16-27-23(14-25(29)45-24)22(19-74(62,63)64)17-40(2,3)50(27)12-6-8-31(51)42-9-10-43-39(54)68-34-33(52)30(18-65-72(58,59)70-73(60,61)69-71(55,56)57)67-37(34)49-20-44-32-35(49)46-38(41)47-36(32)53/h2*13-16,20,22,30,33-34,37,52H,4-12,17-19H2,1-3H3,(H9-,41,42,43,46,47,51,53,54,55,56,57,58,59,60,61,62,63,64)/t2*22?,30-,33-,34-,37-/m11/s1. The number of nitrogens with zero attached hydrogens (tertiary/aromatic N) is 12. The van der Waals surface area contributed by atoms with Crippen molar-refractivity contribution < 1.29 is 177 Å². The molecule has 8 aliphatic heterocycles. The molecule has 2 fully saturated rings. The average Bonchev–Trinajstić information content (AvgIpc) is 1.00. The molecule has 4 aromatic carbocycles. The highest BCUT2D eigenvalue weighted by Crippen LogP contribution is 2.68. The van der Waals surface area contributed by atoms with Crippen molar-refractivity contribution in [3.05, 3.63) is 126 Å². The van der Waals surface area contributed by atoms with E-state index in [-0.39, 0.29) is 73.2 Å². The number of ether oxygens (including phenoxy) is 6. The average molecular weight is 2240 g/mol. The zero-order chi connectivity index (χ0) is 107. The molecule has 4 amide bonds. The minimum Gasteiger partial charge on any atom is -0.748 e. The van der Waals surface area contributed by atoms with Crippen LogP contribution in [0.4, 0.5) is 44.2 Å². The molecule has 20 N–H and O–H groups in total. The number of aryl methyl sites for hydroxylation is 2. The van der Waals surface area contributed by atoms with E-state index in [0.29, 0.717) is 106 Å². The summed E-state index contributed by atoms with van der Waals surface area (Å²) in [5, 5.41) is 36.2. The van der Waals surface area contributed by atoms with Gasteiger partial charge in [-0.05, 0) is 115 Å². The van der Waals surface area contributed by atoms with E-state index in [1.165, 1.54) is 0 Å². The maximum Gasteiger partial charge on any atom is 0.490 e. The normalized spacial score (nSPS) is 22.7. The molecule has 0 radical (unpaired) electrons. The van der Waals surface area contributed by atoms with E-state index < -0.39 is 199 Å². The number of nitrogens with one attached hydrogen (secondary N) is 6. The van der Waals surface area contributed by atoms with Crippen LogP contribution in [0.25, 0.3) is 22.3 Å². The lowest BCUT2D eigenvalue weighted by Gasteiger charge is -2.48. The number of alkyl carbamates (subject to hydrolysis) is 2. The molecule has 16 rings (SSSR count). The molecule has 148 heavy (non-hydrogen) atoms. The van der Waals surface area contributed by atoms with Crippen LogP contribution in [0.2, 0.25) is 0 Å². The number of rotatable bonds is 38. The van der Waals surface area contributed by atoms with Gasteiger partial charge in [-0.25, -0.2) is 82.9 Å². The summed E-state index contributed by atoms with van der Waals surface area (Å²) in [6.07, 6.45) is -9.38. The van der Waals surface area contributed by atoms with E-state index in [0.717, 1.165) is 95.5 Å². The summed E-state index contributed by atoms with van der Waals surface area (Å²) >= 11 is 0. The number of nitrogens with two attached hydrogens (primary N) is 2. The van der Waals surface area contributed by atoms with Crippen molar-refractivity contribution in [3.63, 3.8) is 0 Å². The van der Waals surface area contributed by atoms with E-state index in [1.54, 1.807) is 24.3 Å². The SMILES string of the molecule is CC[N+]1=c2cc3c(cc2CCC1)=Nc1cc2c(cc1O3)N(CCCC(=O)NCCNC(=O)O[C@@H]1[C@H](O)[C@@H](COP(=O)(O)OP(=O)(O)OP(=O)(O)O)O[C@H]1n1cnc3c(=O)[nH]c(N)nc31)C(C)(C)CC2CS(=O)(=O)[O-].CC[N+]1=c2cc3c(cc2CCC1)=Nc1cc2c(cc1O3)N(CCCC(=O)NCCNC(=O)O[C@H]1[C@@H](O)[C@H](n3cnc4c(=O)[nH]c(N)nc43)O[C@@H]1COP(=O)(O)OP(=O)(O)OP(=O)(O)O)C(C)(C)CC2CS(=O)(=O)[O-]. The van der Waals surface area contributed by atoms with Crippen molar-refractivity contribution in [1.29, 1.82) is 0 Å². The number of aliphatic hydroxyl groups is 2. The van der Waals surface area contributed by atoms with Gasteiger partial charge in [0.15, 0.2) is 70.0 Å². The van der Waals surface area contributed by atoms with Gasteiger partial charge in [0.1, 0.15) is 72.7 Å². The minimum absolute atomic E-state index is 0.00744. The Labute approximate surface area is 837 Å². The van der Waals surface area contributed by atoms with Crippen LogP contribution in [0.15, 0.2) is 80.8 Å². The molecule has 14 atom stereocenters. The van der Waals surface area contributed by atoms with Crippen molar-refractivity contribution in [2.45, 2.75) is 178 Å². The number of nitrogen functional groups attached to an aromatic ring is 2. The first-order chi connectivity index (χ1) is 69.2. The Balaban J connectivity index is 0.000000222. The number of aromatic amines is 2. The number of amides is 4. The number of aliphatic hydroxyl groups excluding tert-OH is 2. The number of hydrogen-bond donors (Lipinski definition) is 18. The summed E-state index contributed by atoms with van der Waals surface area (Å²) in [6.45, 7) is 13.0. The lowest BCUT2D eigenvalue weighted by molar-refractivity contribution is -0.121. The Morgan fingerprint density at radius 1 is 0.534 bits per heavy atom. The number of carbonyl (C=O) groups excluding carboxylic acids is 4. The van der Waals surface area contributed by atoms with Crippen LogP contribution in [0, 0.1) is 0 Å². The van der Waals surface area contributed by atoms with E-state index in [4.69, 9.17) is 69.4 Å². The van der Waals surface area contributed by atoms with Gasteiger partial charge in [0.25, 0.3) is 11.1 Å². The molecular weight excluding hydrogens is 2130 g/mol. The molecule has 60 nitrogen and oxygen atoms in total. The molecule has 4 aromatic heterocycles. The smallest absolute Gasteiger partial charge is 0.490 e. The number of carbonyl (C=O) groups is 4. The number of hydrogen-bond acceptors (Lipinski definition) is 42. The predicted octanol–water partition coefficient (Wildman–Crippen LogP) is 0.253. The predicted molar refractivity (Wildman–Crippen MR) is 509 cm³/mol. The summed E-state index contributed by atoms with van der Waals surface area (Å²) in [4.78, 5) is 186. The molecule has 0 bridgehead atoms. The van der Waals surface area contributed by atoms with Crippen LogP contribution >= 0.6 is 46.9 Å². The van der Waals surface area contributed by atoms with Crippen LogP contribution in [-0.2, 0) is 115 Å². The number of imidazole rings is 2. The fraction of sp³-hybridized carbons (Fsp3) is 0.525. The number of fused-ring (bicyclic) bond motifs is 10. The maximum absolute atomic E-state index is 13.1. The molecule has 0 saturated carbocycles. The molecule has 68 heteroatoms. The summed E-state index contributed by atoms with van der Waals surface area (Å²) in [5.41, 5.74) is 13.3. The second kappa shape index (κ2) is 43.7. The maximum atomic E-state index is 13.1. The van der Waals surface area contributed by atoms with Crippen LogP contribution < -0.4 is 93.7 Å². The third-order valence-corrected chi connectivity index (χ3v) is 34.3. The van der Waals surface area contributed by atoms with Crippen molar-refractivity contribution in [1.82, 2.24) is 69.5 Å². The third kappa shape index (κ3) is 27.0. The Morgan fingerprint density at radius 3 is 1.34 bits per heavy atom. The first-order valence-electron chi connectivity index (χ1n) is 45.7. The monoisotopic (exact) mass is 2240 g/mol. The van der Waals surface area contributed by atoms with Gasteiger partial charge in [0, 0.05) is 134 Å². The molecule has 2 saturated heterocycles. The summed E-state index contributed by atoms with van der Waals surface area (Å²) in [5.74, 6) is -2.00. The molecule has 6 unspecified atom stereocenters. The van der Waals surface area contributed by atoms with Gasteiger partial charge in [0.2, 0.25) is 34.4 Å². The van der Waals surface area contributed by atoms with Gasteiger partial charge in [-0.3, -0.25) is 47.3 Å². The minimum atomic E-state index is -5.93. The van der Waals surface area contributed by atoms with E-state index >= 15 is 0 Å². The Bertz CT molecular complexity index is 7540. The van der Waals surface area contributed by atoms with Gasteiger partial charge in [-0.1, -0.05) is 0 Å². The zero-order valence-corrected chi connectivity index (χ0v) is 86.3. The fourth-order valence-corrected chi connectivity index (χ4v) is 26.7. The highest BCUT2D eigenvalue weighted by molar-refractivity contribution is 7.86. The molecular formula is C80H106N20O40P6S2. The highest BCUT2D eigenvalue weighted by Gasteiger charge is 2.53. The number of benzene rings is 4. The number of phosphoric acid groups is 6. The molecule has 0 aliphatic carbocycles. The molecule has 8 aromatic rings. The van der Waals surface area contributed by atoms with E-state index in [1.807, 2.05) is 52.0 Å². The van der Waals surface area contributed by atoms with E-state index in [9.17, 15) is 112 Å². The van der Waals surface area contributed by atoms with Crippen molar-refractivity contribution in [2.75, 3.05) is 111 Å². The first kappa shape index (κ1) is 112. The summed E-state index contributed by atoms with van der Waals surface area (Å²) in [7, 11) is -44.0. The van der Waals surface area contributed by atoms with Gasteiger partial charge >= 0.3 is 59.1 Å². The van der Waals surface area contributed by atoms with Crippen molar-refractivity contribution in [3.8, 4) is 23.0 Å². The largest absolute Gasteiger partial charge is 0.748 e. The lowest BCUT2D eigenvalue weighted by atomic mass is 9.79. The second-order valence-corrected chi connectivity index (χ2v) is 48.3. The van der Waals surface area contributed by atoms with Crippen LogP contribution in [0.3, 0.4) is 0 Å². The molecule has 808 valence electrons.